The summed E-state index contributed by atoms with van der Waals surface area (Å²) in [6, 6.07) is 0.0895. The van der Waals surface area contributed by atoms with E-state index in [9.17, 15) is 8.42 Å². The van der Waals surface area contributed by atoms with Crippen LogP contribution in [0.1, 0.15) is 55.1 Å². The fourth-order valence-electron chi connectivity index (χ4n) is 3.73. The molecule has 2 heterocycles. The second-order valence-corrected chi connectivity index (χ2v) is 9.90. The Balaban J connectivity index is 1.59. The summed E-state index contributed by atoms with van der Waals surface area (Å²) in [4.78, 5) is 7.20. The van der Waals surface area contributed by atoms with Gasteiger partial charge in [-0.05, 0) is 32.2 Å². The van der Waals surface area contributed by atoms with Crippen LogP contribution < -0.4 is 0 Å². The van der Waals surface area contributed by atoms with Gasteiger partial charge < -0.3 is 0 Å². The van der Waals surface area contributed by atoms with Crippen molar-refractivity contribution in [2.24, 2.45) is 0 Å². The lowest BCUT2D eigenvalue weighted by Crippen LogP contribution is -2.47. The number of nitrogens with zero attached hydrogens (tertiary/aromatic N) is 3. The highest BCUT2D eigenvalue weighted by Crippen LogP contribution is 2.35. The third kappa shape index (κ3) is 4.32. The van der Waals surface area contributed by atoms with Gasteiger partial charge in [-0.15, -0.1) is 11.3 Å². The van der Waals surface area contributed by atoms with E-state index < -0.39 is 10.0 Å². The molecule has 0 aromatic carbocycles. The SMILES string of the molecule is CN(C1CCCN(Cc2csc(C3CCCC3)n2)C1)S(C)(=O)=O. The highest BCUT2D eigenvalue weighted by molar-refractivity contribution is 7.88. The molecule has 1 aliphatic carbocycles. The topological polar surface area (TPSA) is 53.5 Å². The summed E-state index contributed by atoms with van der Waals surface area (Å²) in [5, 5.41) is 3.50. The Kier molecular flexibility index (Phi) is 5.40. The molecule has 5 nitrogen and oxygen atoms in total. The minimum atomic E-state index is -3.11. The summed E-state index contributed by atoms with van der Waals surface area (Å²) in [7, 11) is -1.41. The summed E-state index contributed by atoms with van der Waals surface area (Å²) in [5.41, 5.74) is 1.15. The number of hydrogen-bond acceptors (Lipinski definition) is 5. The van der Waals surface area contributed by atoms with E-state index in [1.165, 1.54) is 41.3 Å². The zero-order valence-corrected chi connectivity index (χ0v) is 15.7. The molecule has 0 radical (unpaired) electrons. The minimum Gasteiger partial charge on any atom is -0.296 e. The van der Waals surface area contributed by atoms with Crippen LogP contribution in [0.5, 0.6) is 0 Å². The van der Waals surface area contributed by atoms with Crippen molar-refractivity contribution in [1.29, 1.82) is 0 Å². The fraction of sp³-hybridized carbons (Fsp3) is 0.812. The molecule has 1 aliphatic heterocycles. The van der Waals surface area contributed by atoms with Gasteiger partial charge in [-0.2, -0.15) is 0 Å². The lowest BCUT2D eigenvalue weighted by molar-refractivity contribution is 0.152. The van der Waals surface area contributed by atoms with Crippen molar-refractivity contribution in [2.75, 3.05) is 26.4 Å². The Morgan fingerprint density at radius 1 is 1.30 bits per heavy atom. The Morgan fingerprint density at radius 2 is 2.04 bits per heavy atom. The molecule has 3 rings (SSSR count). The molecule has 7 heteroatoms. The first kappa shape index (κ1) is 17.3. The van der Waals surface area contributed by atoms with E-state index in [1.54, 1.807) is 18.4 Å². The molecular weight excluding hydrogens is 330 g/mol. The molecule has 1 atom stereocenters. The third-order valence-electron chi connectivity index (χ3n) is 5.18. The van der Waals surface area contributed by atoms with Gasteiger partial charge in [0.25, 0.3) is 0 Å². The third-order valence-corrected chi connectivity index (χ3v) is 7.58. The monoisotopic (exact) mass is 357 g/mol. The van der Waals surface area contributed by atoms with Crippen molar-refractivity contribution < 1.29 is 8.42 Å². The van der Waals surface area contributed by atoms with Crippen LogP contribution in [0.25, 0.3) is 0 Å². The quantitative estimate of drug-likeness (QED) is 0.813. The largest absolute Gasteiger partial charge is 0.296 e. The highest BCUT2D eigenvalue weighted by Gasteiger charge is 2.28. The summed E-state index contributed by atoms with van der Waals surface area (Å²) in [5.74, 6) is 0.680. The highest BCUT2D eigenvalue weighted by atomic mass is 32.2. The average molecular weight is 358 g/mol. The zero-order valence-electron chi connectivity index (χ0n) is 14.1. The smallest absolute Gasteiger partial charge is 0.211 e. The Bertz CT molecular complexity index is 623. The first-order valence-corrected chi connectivity index (χ1v) is 11.3. The van der Waals surface area contributed by atoms with Gasteiger partial charge >= 0.3 is 0 Å². The summed E-state index contributed by atoms with van der Waals surface area (Å²) >= 11 is 1.80. The molecule has 1 aromatic heterocycles. The van der Waals surface area contributed by atoms with E-state index in [0.29, 0.717) is 5.92 Å². The molecule has 0 bridgehead atoms. The van der Waals surface area contributed by atoms with Crippen LogP contribution >= 0.6 is 11.3 Å². The molecule has 2 fully saturated rings. The van der Waals surface area contributed by atoms with Crippen LogP contribution in [-0.4, -0.2) is 55.0 Å². The van der Waals surface area contributed by atoms with Crippen LogP contribution in [-0.2, 0) is 16.6 Å². The molecule has 1 saturated heterocycles. The second-order valence-electron chi connectivity index (χ2n) is 6.97. The van der Waals surface area contributed by atoms with E-state index in [0.717, 1.165) is 38.2 Å². The molecule has 0 amide bonds. The first-order valence-electron chi connectivity index (χ1n) is 8.53. The Morgan fingerprint density at radius 3 is 2.74 bits per heavy atom. The maximum absolute atomic E-state index is 11.7. The number of rotatable bonds is 5. The molecule has 2 aliphatic rings. The predicted octanol–water partition coefficient (Wildman–Crippen LogP) is 2.66. The lowest BCUT2D eigenvalue weighted by atomic mass is 10.1. The normalized spacial score (nSPS) is 24.6. The van der Waals surface area contributed by atoms with Crippen molar-refractivity contribution in [3.05, 3.63) is 16.1 Å². The molecule has 0 N–H and O–H groups in total. The number of hydrogen-bond donors (Lipinski definition) is 0. The molecular formula is C16H27N3O2S2. The van der Waals surface area contributed by atoms with Crippen LogP contribution in [0.15, 0.2) is 5.38 Å². The van der Waals surface area contributed by atoms with E-state index in [2.05, 4.69) is 10.3 Å². The van der Waals surface area contributed by atoms with E-state index >= 15 is 0 Å². The van der Waals surface area contributed by atoms with Crippen LogP contribution in [0.2, 0.25) is 0 Å². The van der Waals surface area contributed by atoms with Gasteiger partial charge in [0.15, 0.2) is 0 Å². The van der Waals surface area contributed by atoms with Crippen molar-refractivity contribution >= 4 is 21.4 Å². The van der Waals surface area contributed by atoms with Crippen molar-refractivity contribution in [3.63, 3.8) is 0 Å². The maximum Gasteiger partial charge on any atom is 0.211 e. The van der Waals surface area contributed by atoms with E-state index in [1.807, 2.05) is 0 Å². The molecule has 0 spiro atoms. The van der Waals surface area contributed by atoms with Gasteiger partial charge in [-0.25, -0.2) is 17.7 Å². The Hall–Kier alpha value is -0.500. The van der Waals surface area contributed by atoms with Gasteiger partial charge in [0.05, 0.1) is 17.0 Å². The van der Waals surface area contributed by atoms with Crippen molar-refractivity contribution in [3.8, 4) is 0 Å². The Labute approximate surface area is 143 Å². The predicted molar refractivity (Wildman–Crippen MR) is 94.2 cm³/mol. The van der Waals surface area contributed by atoms with Gasteiger partial charge in [0.2, 0.25) is 10.0 Å². The molecule has 1 aromatic rings. The molecule has 1 unspecified atom stereocenters. The van der Waals surface area contributed by atoms with E-state index in [4.69, 9.17) is 4.98 Å². The lowest BCUT2D eigenvalue weighted by Gasteiger charge is -2.36. The zero-order chi connectivity index (χ0) is 16.4. The number of piperidine rings is 1. The minimum absolute atomic E-state index is 0.0895. The van der Waals surface area contributed by atoms with Gasteiger partial charge in [0.1, 0.15) is 0 Å². The number of likely N-dealkylation sites (N-methyl/N-ethyl adjacent to an activating group) is 1. The maximum atomic E-state index is 11.7. The molecule has 130 valence electrons. The van der Waals surface area contributed by atoms with E-state index in [-0.39, 0.29) is 6.04 Å². The van der Waals surface area contributed by atoms with Gasteiger partial charge in [-0.1, -0.05) is 12.8 Å². The van der Waals surface area contributed by atoms with Crippen molar-refractivity contribution in [2.45, 2.75) is 57.0 Å². The summed E-state index contributed by atoms with van der Waals surface area (Å²) in [6.07, 6.45) is 8.54. The number of aromatic nitrogens is 1. The van der Waals surface area contributed by atoms with Crippen molar-refractivity contribution in [1.82, 2.24) is 14.2 Å². The number of sulfonamides is 1. The second kappa shape index (κ2) is 7.17. The molecule has 1 saturated carbocycles. The standard InChI is InChI=1S/C16H27N3O2S2/c1-18(23(2,20)21)15-8-5-9-19(11-15)10-14-12-22-16(17-14)13-6-3-4-7-13/h12-13,15H,3-11H2,1-2H3. The number of likely N-dealkylation sites (tertiary alicyclic amines) is 1. The van der Waals surface area contributed by atoms with Crippen LogP contribution in [0, 0.1) is 0 Å². The first-order chi connectivity index (χ1) is 10.9. The van der Waals surface area contributed by atoms with Crippen LogP contribution in [0.3, 0.4) is 0 Å². The average Bonchev–Trinajstić information content (AvgIpc) is 3.16. The van der Waals surface area contributed by atoms with Gasteiger partial charge in [-0.3, -0.25) is 4.90 Å². The summed E-state index contributed by atoms with van der Waals surface area (Å²) < 4.78 is 25.0. The van der Waals surface area contributed by atoms with Gasteiger partial charge in [0, 0.05) is 37.5 Å². The number of thiazole rings is 1. The fourth-order valence-corrected chi connectivity index (χ4v) is 5.42. The summed E-state index contributed by atoms with van der Waals surface area (Å²) in [6.45, 7) is 2.68. The molecule has 23 heavy (non-hydrogen) atoms. The van der Waals surface area contributed by atoms with Crippen LogP contribution in [0.4, 0.5) is 0 Å².